The van der Waals surface area contributed by atoms with Crippen LogP contribution < -0.4 is 11.1 Å². The van der Waals surface area contributed by atoms with Crippen molar-refractivity contribution in [2.75, 3.05) is 25.5 Å². The molecule has 1 heterocycles. The van der Waals surface area contributed by atoms with E-state index in [1.807, 2.05) is 6.92 Å². The van der Waals surface area contributed by atoms with E-state index in [-0.39, 0.29) is 5.91 Å². The van der Waals surface area contributed by atoms with E-state index < -0.39 is 0 Å². The molecule has 0 atom stereocenters. The van der Waals surface area contributed by atoms with Crippen LogP contribution in [0.1, 0.15) is 43.6 Å². The van der Waals surface area contributed by atoms with Gasteiger partial charge in [-0.1, -0.05) is 13.3 Å². The number of amides is 1. The number of hydrogen-bond donors (Lipinski definition) is 2. The minimum atomic E-state index is -0.176. The summed E-state index contributed by atoms with van der Waals surface area (Å²) in [6.45, 7) is 6.72. The highest BCUT2D eigenvalue weighted by molar-refractivity contribution is 5.97. The smallest absolute Gasteiger partial charge is 0.271 e. The lowest BCUT2D eigenvalue weighted by Crippen LogP contribution is -2.28. The highest BCUT2D eigenvalue weighted by Gasteiger charge is 2.15. The molecule has 1 aromatic rings. The van der Waals surface area contributed by atoms with Gasteiger partial charge in [-0.2, -0.15) is 5.10 Å². The maximum absolute atomic E-state index is 11.9. The van der Waals surface area contributed by atoms with Crippen LogP contribution >= 0.6 is 0 Å². The number of nitrogen functional groups attached to an aromatic ring is 1. The summed E-state index contributed by atoms with van der Waals surface area (Å²) in [6.07, 6.45) is 4.53. The first-order valence-corrected chi connectivity index (χ1v) is 6.87. The third-order valence-corrected chi connectivity index (χ3v) is 2.78. The molecule has 108 valence electrons. The molecule has 0 aromatic carbocycles. The van der Waals surface area contributed by atoms with Crippen LogP contribution in [0.25, 0.3) is 0 Å². The van der Waals surface area contributed by atoms with Gasteiger partial charge in [0.15, 0.2) is 0 Å². The highest BCUT2D eigenvalue weighted by Crippen LogP contribution is 2.10. The maximum atomic E-state index is 11.9. The molecule has 0 unspecified atom stereocenters. The fraction of sp³-hybridized carbons (Fsp3) is 0.692. The first-order valence-electron chi connectivity index (χ1n) is 6.87. The topological polar surface area (TPSA) is 82.2 Å². The highest BCUT2D eigenvalue weighted by atomic mass is 16.5. The second-order valence-corrected chi connectivity index (χ2v) is 4.34. The van der Waals surface area contributed by atoms with Gasteiger partial charge in [-0.25, -0.2) is 0 Å². The Morgan fingerprint density at radius 3 is 2.84 bits per heavy atom. The minimum absolute atomic E-state index is 0.176. The van der Waals surface area contributed by atoms with Crippen LogP contribution in [0.15, 0.2) is 6.20 Å². The third-order valence-electron chi connectivity index (χ3n) is 2.78. The Hall–Kier alpha value is -1.56. The number of unbranched alkanes of at least 4 members (excludes halogenated alkanes) is 1. The van der Waals surface area contributed by atoms with Gasteiger partial charge in [0, 0.05) is 26.3 Å². The van der Waals surface area contributed by atoms with Crippen molar-refractivity contribution in [3.63, 3.8) is 0 Å². The standard InChI is InChI=1S/C13H24N4O2/c1-3-5-8-19-9-6-7-15-13(18)12-11(14)10-16-17(12)4-2/h10H,3-9,14H2,1-2H3,(H,15,18). The summed E-state index contributed by atoms with van der Waals surface area (Å²) in [7, 11) is 0. The second kappa shape index (κ2) is 8.53. The van der Waals surface area contributed by atoms with Gasteiger partial charge in [-0.15, -0.1) is 0 Å². The zero-order chi connectivity index (χ0) is 14.1. The molecule has 0 radical (unpaired) electrons. The average Bonchev–Trinajstić information content (AvgIpc) is 2.78. The summed E-state index contributed by atoms with van der Waals surface area (Å²) in [5.41, 5.74) is 6.59. The van der Waals surface area contributed by atoms with E-state index in [4.69, 9.17) is 10.5 Å². The monoisotopic (exact) mass is 268 g/mol. The van der Waals surface area contributed by atoms with Crippen LogP contribution in [0.2, 0.25) is 0 Å². The number of anilines is 1. The van der Waals surface area contributed by atoms with Crippen molar-refractivity contribution in [1.82, 2.24) is 15.1 Å². The molecule has 0 bridgehead atoms. The van der Waals surface area contributed by atoms with E-state index in [0.29, 0.717) is 31.1 Å². The van der Waals surface area contributed by atoms with E-state index in [1.165, 1.54) is 6.20 Å². The number of ether oxygens (including phenoxy) is 1. The van der Waals surface area contributed by atoms with Gasteiger partial charge < -0.3 is 15.8 Å². The number of nitrogens with zero attached hydrogens (tertiary/aromatic N) is 2. The largest absolute Gasteiger partial charge is 0.396 e. The molecule has 1 amide bonds. The summed E-state index contributed by atoms with van der Waals surface area (Å²) in [5, 5.41) is 6.87. The van der Waals surface area contributed by atoms with Crippen molar-refractivity contribution in [3.05, 3.63) is 11.9 Å². The quantitative estimate of drug-likeness (QED) is 0.664. The Morgan fingerprint density at radius 1 is 1.42 bits per heavy atom. The summed E-state index contributed by atoms with van der Waals surface area (Å²) >= 11 is 0. The molecule has 3 N–H and O–H groups in total. The van der Waals surface area contributed by atoms with E-state index in [1.54, 1.807) is 4.68 Å². The van der Waals surface area contributed by atoms with Crippen molar-refractivity contribution < 1.29 is 9.53 Å². The molecule has 1 aromatic heterocycles. The zero-order valence-electron chi connectivity index (χ0n) is 11.8. The van der Waals surface area contributed by atoms with Crippen molar-refractivity contribution >= 4 is 11.6 Å². The molecule has 0 saturated heterocycles. The second-order valence-electron chi connectivity index (χ2n) is 4.34. The predicted octanol–water partition coefficient (Wildman–Crippen LogP) is 1.42. The Balaban J connectivity index is 2.26. The normalized spacial score (nSPS) is 10.6. The molecule has 19 heavy (non-hydrogen) atoms. The summed E-state index contributed by atoms with van der Waals surface area (Å²) < 4.78 is 7.02. The fourth-order valence-electron chi connectivity index (χ4n) is 1.70. The van der Waals surface area contributed by atoms with Crippen LogP contribution in [-0.4, -0.2) is 35.4 Å². The van der Waals surface area contributed by atoms with Crippen molar-refractivity contribution in [1.29, 1.82) is 0 Å². The van der Waals surface area contributed by atoms with Gasteiger partial charge in [0.05, 0.1) is 11.9 Å². The van der Waals surface area contributed by atoms with Crippen LogP contribution in [0, 0.1) is 0 Å². The van der Waals surface area contributed by atoms with Gasteiger partial charge in [-0.05, 0) is 19.8 Å². The first kappa shape index (κ1) is 15.5. The third kappa shape index (κ3) is 4.90. The van der Waals surface area contributed by atoms with E-state index in [2.05, 4.69) is 17.3 Å². The molecule has 6 heteroatoms. The lowest BCUT2D eigenvalue weighted by molar-refractivity contribution is 0.0931. The molecule has 6 nitrogen and oxygen atoms in total. The Kier molecular flexibility index (Phi) is 6.95. The maximum Gasteiger partial charge on any atom is 0.271 e. The number of nitrogens with one attached hydrogen (secondary N) is 1. The average molecular weight is 268 g/mol. The lowest BCUT2D eigenvalue weighted by atomic mass is 10.3. The number of rotatable bonds is 9. The van der Waals surface area contributed by atoms with Crippen LogP contribution in [0.3, 0.4) is 0 Å². The van der Waals surface area contributed by atoms with Crippen molar-refractivity contribution in [2.24, 2.45) is 0 Å². The number of carbonyl (C=O) groups is 1. The van der Waals surface area contributed by atoms with E-state index in [9.17, 15) is 4.79 Å². The van der Waals surface area contributed by atoms with Crippen molar-refractivity contribution in [3.8, 4) is 0 Å². The van der Waals surface area contributed by atoms with Crippen LogP contribution in [0.4, 0.5) is 5.69 Å². The molecule has 0 aliphatic rings. The summed E-state index contributed by atoms with van der Waals surface area (Å²) in [4.78, 5) is 11.9. The SMILES string of the molecule is CCCCOCCCNC(=O)c1c(N)cnn1CC. The number of carbonyl (C=O) groups excluding carboxylic acids is 1. The first-order chi connectivity index (χ1) is 9.20. The van der Waals surface area contributed by atoms with Gasteiger partial charge >= 0.3 is 0 Å². The van der Waals surface area contributed by atoms with Gasteiger partial charge in [0.25, 0.3) is 5.91 Å². The Bertz CT molecular complexity index is 390. The zero-order valence-corrected chi connectivity index (χ0v) is 11.8. The molecule has 0 saturated carbocycles. The minimum Gasteiger partial charge on any atom is -0.396 e. The fourth-order valence-corrected chi connectivity index (χ4v) is 1.70. The predicted molar refractivity (Wildman–Crippen MR) is 75.0 cm³/mol. The van der Waals surface area contributed by atoms with E-state index in [0.717, 1.165) is 25.9 Å². The molecule has 0 aliphatic heterocycles. The van der Waals surface area contributed by atoms with Crippen molar-refractivity contribution in [2.45, 2.75) is 39.7 Å². The van der Waals surface area contributed by atoms with Crippen LogP contribution in [0.5, 0.6) is 0 Å². The molecule has 0 fully saturated rings. The Labute approximate surface area is 114 Å². The van der Waals surface area contributed by atoms with Gasteiger partial charge in [-0.3, -0.25) is 9.48 Å². The number of aryl methyl sites for hydroxylation is 1. The number of nitrogens with two attached hydrogens (primary N) is 1. The molecule has 0 spiro atoms. The van der Waals surface area contributed by atoms with Crippen LogP contribution in [-0.2, 0) is 11.3 Å². The molecular formula is C13H24N4O2. The Morgan fingerprint density at radius 2 is 2.16 bits per heavy atom. The molecule has 1 rings (SSSR count). The lowest BCUT2D eigenvalue weighted by Gasteiger charge is -2.08. The number of aromatic nitrogens is 2. The number of hydrogen-bond acceptors (Lipinski definition) is 4. The molecule has 0 aliphatic carbocycles. The summed E-state index contributed by atoms with van der Waals surface area (Å²) in [5.74, 6) is -0.176. The van der Waals surface area contributed by atoms with E-state index >= 15 is 0 Å². The van der Waals surface area contributed by atoms with Gasteiger partial charge in [0.1, 0.15) is 5.69 Å². The van der Waals surface area contributed by atoms with Gasteiger partial charge in [0.2, 0.25) is 0 Å². The summed E-state index contributed by atoms with van der Waals surface area (Å²) in [6, 6.07) is 0. The molecular weight excluding hydrogens is 244 g/mol.